The molecule has 0 saturated heterocycles. The average Bonchev–Trinajstić information content (AvgIpc) is 1.92. The Labute approximate surface area is 78.7 Å². The summed E-state index contributed by atoms with van der Waals surface area (Å²) in [5.74, 6) is -2.33. The van der Waals surface area contributed by atoms with Gasteiger partial charge in [-0.15, -0.1) is 0 Å². The minimum Gasteiger partial charge on any atom is -0.207 e. The third-order valence-corrected chi connectivity index (χ3v) is 3.93. The second-order valence-corrected chi connectivity index (χ2v) is 5.87. The summed E-state index contributed by atoms with van der Waals surface area (Å²) in [5.41, 5.74) is 0.440. The first kappa shape index (κ1) is 9.42. The molecule has 0 amide bonds. The zero-order chi connectivity index (χ0) is 9.74. The Hall–Kier alpha value is -0.140. The summed E-state index contributed by atoms with van der Waals surface area (Å²) < 4.78 is 25.5. The number of halogens is 2. The molecule has 0 aromatic rings. The first-order valence-electron chi connectivity index (χ1n) is 5.21. The lowest BCUT2D eigenvalue weighted by Gasteiger charge is -2.53. The van der Waals surface area contributed by atoms with Crippen LogP contribution in [0.5, 0.6) is 0 Å². The van der Waals surface area contributed by atoms with Crippen LogP contribution in [-0.2, 0) is 0 Å². The molecule has 2 heteroatoms. The Morgan fingerprint density at radius 3 is 1.69 bits per heavy atom. The molecule has 0 unspecified atom stereocenters. The molecule has 0 aliphatic heterocycles. The van der Waals surface area contributed by atoms with Gasteiger partial charge in [-0.05, 0) is 36.5 Å². The third-order valence-electron chi connectivity index (χ3n) is 3.93. The van der Waals surface area contributed by atoms with Crippen LogP contribution < -0.4 is 0 Å². The van der Waals surface area contributed by atoms with E-state index in [1.54, 1.807) is 0 Å². The van der Waals surface area contributed by atoms with Gasteiger partial charge in [0.1, 0.15) is 0 Å². The zero-order valence-corrected chi connectivity index (χ0v) is 8.50. The maximum atomic E-state index is 12.8. The highest BCUT2D eigenvalue weighted by molar-refractivity contribution is 5.02. The molecular formula is C11H18F2. The van der Waals surface area contributed by atoms with E-state index in [-0.39, 0.29) is 18.3 Å². The molecule has 0 N–H and O–H groups in total. The van der Waals surface area contributed by atoms with Crippen LogP contribution in [0.3, 0.4) is 0 Å². The first-order valence-corrected chi connectivity index (χ1v) is 5.21. The number of hydrogen-bond donors (Lipinski definition) is 0. The van der Waals surface area contributed by atoms with Crippen molar-refractivity contribution in [2.24, 2.45) is 10.8 Å². The normalized spacial score (nSPS) is 34.2. The SMILES string of the molecule is CC1(C)CCC2(CC1)CC(F)(F)C2. The van der Waals surface area contributed by atoms with Crippen molar-refractivity contribution in [1.82, 2.24) is 0 Å². The van der Waals surface area contributed by atoms with Gasteiger partial charge in [0.15, 0.2) is 0 Å². The van der Waals surface area contributed by atoms with Gasteiger partial charge in [-0.2, -0.15) is 0 Å². The molecule has 0 heterocycles. The van der Waals surface area contributed by atoms with Crippen molar-refractivity contribution in [1.29, 1.82) is 0 Å². The van der Waals surface area contributed by atoms with Crippen molar-refractivity contribution in [3.8, 4) is 0 Å². The maximum Gasteiger partial charge on any atom is 0.249 e. The van der Waals surface area contributed by atoms with Crippen LogP contribution in [-0.4, -0.2) is 5.92 Å². The summed E-state index contributed by atoms with van der Waals surface area (Å²) in [7, 11) is 0. The predicted molar refractivity (Wildman–Crippen MR) is 48.9 cm³/mol. The average molecular weight is 188 g/mol. The van der Waals surface area contributed by atoms with Crippen molar-refractivity contribution >= 4 is 0 Å². The van der Waals surface area contributed by atoms with E-state index in [9.17, 15) is 8.78 Å². The highest BCUT2D eigenvalue weighted by atomic mass is 19.3. The molecule has 76 valence electrons. The first-order chi connectivity index (χ1) is 5.83. The van der Waals surface area contributed by atoms with E-state index >= 15 is 0 Å². The van der Waals surface area contributed by atoms with Crippen molar-refractivity contribution in [3.63, 3.8) is 0 Å². The lowest BCUT2D eigenvalue weighted by molar-refractivity contribution is -0.180. The van der Waals surface area contributed by atoms with E-state index in [4.69, 9.17) is 0 Å². The third kappa shape index (κ3) is 1.72. The Kier molecular flexibility index (Phi) is 1.78. The second-order valence-electron chi connectivity index (χ2n) is 5.87. The van der Waals surface area contributed by atoms with Gasteiger partial charge in [0.2, 0.25) is 5.92 Å². The summed E-state index contributed by atoms with van der Waals surface area (Å²) in [4.78, 5) is 0. The van der Waals surface area contributed by atoms with Gasteiger partial charge < -0.3 is 0 Å². The van der Waals surface area contributed by atoms with Crippen LogP contribution in [0.25, 0.3) is 0 Å². The van der Waals surface area contributed by atoms with Crippen LogP contribution in [0.15, 0.2) is 0 Å². The molecule has 0 bridgehead atoms. The summed E-state index contributed by atoms with van der Waals surface area (Å²) in [6.07, 6.45) is 4.63. The highest BCUT2D eigenvalue weighted by Crippen LogP contribution is 2.61. The number of rotatable bonds is 0. The molecule has 0 radical (unpaired) electrons. The minimum atomic E-state index is -2.33. The van der Waals surface area contributed by atoms with Crippen LogP contribution in [0, 0.1) is 10.8 Å². The van der Waals surface area contributed by atoms with Crippen molar-refractivity contribution in [3.05, 3.63) is 0 Å². The van der Waals surface area contributed by atoms with Crippen LogP contribution in [0.2, 0.25) is 0 Å². The molecule has 2 aliphatic rings. The highest BCUT2D eigenvalue weighted by Gasteiger charge is 2.57. The van der Waals surface area contributed by atoms with Gasteiger partial charge in [0.25, 0.3) is 0 Å². The van der Waals surface area contributed by atoms with E-state index in [1.807, 2.05) is 0 Å². The topological polar surface area (TPSA) is 0 Å². The number of alkyl halides is 2. The van der Waals surface area contributed by atoms with E-state index in [0.29, 0.717) is 5.41 Å². The Bertz CT molecular complexity index is 198. The fraction of sp³-hybridized carbons (Fsp3) is 1.00. The Morgan fingerprint density at radius 1 is 0.846 bits per heavy atom. The lowest BCUT2D eigenvalue weighted by atomic mass is 9.55. The van der Waals surface area contributed by atoms with E-state index in [2.05, 4.69) is 13.8 Å². The molecule has 0 aromatic heterocycles. The molecule has 1 spiro atoms. The van der Waals surface area contributed by atoms with Gasteiger partial charge in [0, 0.05) is 12.8 Å². The zero-order valence-electron chi connectivity index (χ0n) is 8.50. The molecule has 2 fully saturated rings. The largest absolute Gasteiger partial charge is 0.249 e. The molecule has 2 saturated carbocycles. The summed E-state index contributed by atoms with van der Waals surface area (Å²) >= 11 is 0. The molecular weight excluding hydrogens is 170 g/mol. The van der Waals surface area contributed by atoms with Gasteiger partial charge in [-0.3, -0.25) is 0 Å². The quantitative estimate of drug-likeness (QED) is 0.539. The molecule has 0 nitrogen and oxygen atoms in total. The van der Waals surface area contributed by atoms with Crippen molar-refractivity contribution in [2.75, 3.05) is 0 Å². The van der Waals surface area contributed by atoms with Crippen molar-refractivity contribution in [2.45, 2.75) is 58.3 Å². The maximum absolute atomic E-state index is 12.8. The molecule has 2 aliphatic carbocycles. The lowest BCUT2D eigenvalue weighted by Crippen LogP contribution is -2.48. The van der Waals surface area contributed by atoms with Gasteiger partial charge in [0.05, 0.1) is 0 Å². The summed E-state index contributed by atoms with van der Waals surface area (Å²) in [5, 5.41) is 0. The van der Waals surface area contributed by atoms with Crippen molar-refractivity contribution < 1.29 is 8.78 Å². The summed E-state index contributed by atoms with van der Waals surface area (Å²) in [6.45, 7) is 4.49. The molecule has 0 atom stereocenters. The fourth-order valence-corrected chi connectivity index (χ4v) is 2.86. The van der Waals surface area contributed by atoms with Crippen LogP contribution in [0.4, 0.5) is 8.78 Å². The predicted octanol–water partition coefficient (Wildman–Crippen LogP) is 4.00. The smallest absolute Gasteiger partial charge is 0.207 e. The van der Waals surface area contributed by atoms with Gasteiger partial charge in [-0.1, -0.05) is 13.8 Å². The molecule has 2 rings (SSSR count). The minimum absolute atomic E-state index is 0.0407. The van der Waals surface area contributed by atoms with E-state index in [1.165, 1.54) is 0 Å². The summed E-state index contributed by atoms with van der Waals surface area (Å²) in [6, 6.07) is 0. The Morgan fingerprint density at radius 2 is 1.31 bits per heavy atom. The van der Waals surface area contributed by atoms with Crippen LogP contribution >= 0.6 is 0 Å². The fourth-order valence-electron chi connectivity index (χ4n) is 2.86. The van der Waals surface area contributed by atoms with E-state index < -0.39 is 5.92 Å². The molecule has 0 aromatic carbocycles. The van der Waals surface area contributed by atoms with E-state index in [0.717, 1.165) is 25.7 Å². The van der Waals surface area contributed by atoms with Gasteiger partial charge in [-0.25, -0.2) is 8.78 Å². The monoisotopic (exact) mass is 188 g/mol. The Balaban J connectivity index is 1.93. The van der Waals surface area contributed by atoms with Gasteiger partial charge >= 0.3 is 0 Å². The van der Waals surface area contributed by atoms with Crippen LogP contribution in [0.1, 0.15) is 52.4 Å². The second kappa shape index (κ2) is 2.46. The molecule has 13 heavy (non-hydrogen) atoms. The standard InChI is InChI=1S/C11H18F2/c1-9(2)3-5-10(6-4-9)7-11(12,13)8-10/h3-8H2,1-2H3. The number of hydrogen-bond acceptors (Lipinski definition) is 0.